The zero-order chi connectivity index (χ0) is 31.1. The molecule has 1 atom stereocenters. The molecule has 2 amide bonds. The molecule has 0 spiro atoms. The van der Waals surface area contributed by atoms with Gasteiger partial charge in [0.05, 0.1) is 11.5 Å². The van der Waals surface area contributed by atoms with Gasteiger partial charge in [0.15, 0.2) is 11.5 Å². The predicted octanol–water partition coefficient (Wildman–Crippen LogP) is 0.972. The van der Waals surface area contributed by atoms with Crippen LogP contribution in [0.5, 0.6) is 0 Å². The van der Waals surface area contributed by atoms with E-state index in [-0.39, 0.29) is 34.6 Å². The second-order valence-electron chi connectivity index (χ2n) is 9.85. The van der Waals surface area contributed by atoms with E-state index in [9.17, 15) is 22.8 Å². The molecule has 1 aliphatic rings. The summed E-state index contributed by atoms with van der Waals surface area (Å²) in [7, 11) is -4.10. The molecule has 0 saturated carbocycles. The molecule has 15 heteroatoms. The number of ether oxygens (including phenoxy) is 1. The number of sulfonamides is 1. The Bertz CT molecular complexity index is 1620. The molecule has 0 radical (unpaired) electrons. The maximum Gasteiger partial charge on any atom is 0.326 e. The van der Waals surface area contributed by atoms with Crippen molar-refractivity contribution in [2.45, 2.75) is 44.3 Å². The van der Waals surface area contributed by atoms with Crippen LogP contribution >= 0.6 is 0 Å². The number of nitrogens with one attached hydrogen (secondary N) is 2. The monoisotopic (exact) mass is 611 g/mol. The fraction of sp³-hybridized carbons (Fsp3) is 0.321. The number of aryl methyl sites for hydroxylation is 2. The second-order valence-corrected chi connectivity index (χ2v) is 11.6. The Labute approximate surface area is 248 Å². The SMILES string of the molecule is CCOC(=O)[C@@H](CNC(=O)c1cc2n(n1)CCCN(Cc1ccc(/C(N)=N/O)cc1)C2=O)NS(=O)(=O)c1ccc(C)cc1. The largest absolute Gasteiger partial charge is 0.465 e. The summed E-state index contributed by atoms with van der Waals surface area (Å²) in [5.74, 6) is -1.89. The normalized spacial score (nSPS) is 14.5. The Hall–Kier alpha value is -4.76. The Morgan fingerprint density at radius 2 is 1.84 bits per heavy atom. The summed E-state index contributed by atoms with van der Waals surface area (Å²) in [6.07, 6.45) is 0.593. The molecule has 43 heavy (non-hydrogen) atoms. The van der Waals surface area contributed by atoms with Crippen LogP contribution in [-0.2, 0) is 32.6 Å². The maximum atomic E-state index is 13.4. The number of carbonyl (C=O) groups is 3. The number of hydrogen-bond acceptors (Lipinski definition) is 9. The fourth-order valence-corrected chi connectivity index (χ4v) is 5.61. The molecule has 2 heterocycles. The van der Waals surface area contributed by atoms with E-state index in [1.54, 1.807) is 48.2 Å². The lowest BCUT2D eigenvalue weighted by Gasteiger charge is -2.20. The van der Waals surface area contributed by atoms with Gasteiger partial charge in [-0.3, -0.25) is 19.1 Å². The number of amides is 2. The van der Waals surface area contributed by atoms with Crippen LogP contribution in [-0.4, -0.2) is 77.7 Å². The van der Waals surface area contributed by atoms with Crippen molar-refractivity contribution < 1.29 is 32.7 Å². The summed E-state index contributed by atoms with van der Waals surface area (Å²) in [6, 6.07) is 13.0. The second kappa shape index (κ2) is 13.5. The van der Waals surface area contributed by atoms with Gasteiger partial charge in [-0.15, -0.1) is 0 Å². The third-order valence-corrected chi connectivity index (χ3v) is 8.20. The first-order valence-corrected chi connectivity index (χ1v) is 15.0. The summed E-state index contributed by atoms with van der Waals surface area (Å²) in [5.41, 5.74) is 8.00. The van der Waals surface area contributed by atoms with Gasteiger partial charge in [0.2, 0.25) is 10.0 Å². The van der Waals surface area contributed by atoms with Gasteiger partial charge in [-0.25, -0.2) is 8.42 Å². The molecule has 14 nitrogen and oxygen atoms in total. The highest BCUT2D eigenvalue weighted by molar-refractivity contribution is 7.89. The minimum absolute atomic E-state index is 0.0109. The number of aromatic nitrogens is 2. The maximum absolute atomic E-state index is 13.4. The quantitative estimate of drug-likeness (QED) is 0.0802. The molecule has 4 rings (SSSR count). The van der Waals surface area contributed by atoms with Crippen LogP contribution in [0.3, 0.4) is 0 Å². The van der Waals surface area contributed by atoms with Gasteiger partial charge in [-0.1, -0.05) is 47.1 Å². The molecule has 1 aromatic heterocycles. The van der Waals surface area contributed by atoms with Crippen LogP contribution in [0.25, 0.3) is 0 Å². The smallest absolute Gasteiger partial charge is 0.326 e. The lowest BCUT2D eigenvalue weighted by atomic mass is 10.1. The highest BCUT2D eigenvalue weighted by Gasteiger charge is 2.30. The Kier molecular flexibility index (Phi) is 9.77. The van der Waals surface area contributed by atoms with Crippen LogP contribution in [0.1, 0.15) is 51.0 Å². The van der Waals surface area contributed by atoms with E-state index in [1.807, 2.05) is 6.92 Å². The predicted molar refractivity (Wildman–Crippen MR) is 155 cm³/mol. The number of nitrogens with zero attached hydrogens (tertiary/aromatic N) is 4. The Morgan fingerprint density at radius 3 is 2.49 bits per heavy atom. The molecule has 0 fully saturated rings. The van der Waals surface area contributed by atoms with Gasteiger partial charge in [0, 0.05) is 37.8 Å². The number of fused-ring (bicyclic) bond motifs is 1. The number of benzene rings is 2. The average molecular weight is 612 g/mol. The fourth-order valence-electron chi connectivity index (χ4n) is 4.43. The van der Waals surface area contributed by atoms with E-state index < -0.39 is 34.5 Å². The van der Waals surface area contributed by atoms with Gasteiger partial charge in [0.25, 0.3) is 11.8 Å². The Morgan fingerprint density at radius 1 is 1.14 bits per heavy atom. The Balaban J connectivity index is 1.45. The van der Waals surface area contributed by atoms with Crippen molar-refractivity contribution in [3.8, 4) is 0 Å². The number of rotatable bonds is 11. The highest BCUT2D eigenvalue weighted by Crippen LogP contribution is 2.17. The van der Waals surface area contributed by atoms with Gasteiger partial charge in [0.1, 0.15) is 11.7 Å². The first-order chi connectivity index (χ1) is 20.5. The minimum atomic E-state index is -4.10. The summed E-state index contributed by atoms with van der Waals surface area (Å²) < 4.78 is 34.5. The van der Waals surface area contributed by atoms with E-state index in [2.05, 4.69) is 20.3 Å². The zero-order valence-electron chi connectivity index (χ0n) is 23.7. The molecule has 2 aromatic carbocycles. The summed E-state index contributed by atoms with van der Waals surface area (Å²) >= 11 is 0. The molecule has 0 aliphatic carbocycles. The van der Waals surface area contributed by atoms with E-state index in [4.69, 9.17) is 15.7 Å². The van der Waals surface area contributed by atoms with Gasteiger partial charge >= 0.3 is 5.97 Å². The summed E-state index contributed by atoms with van der Waals surface area (Å²) in [6.45, 7) is 4.15. The molecule has 0 bridgehead atoms. The number of esters is 1. The molecular weight excluding hydrogens is 578 g/mol. The van der Waals surface area contributed by atoms with Crippen molar-refractivity contribution in [1.82, 2.24) is 24.7 Å². The number of amidine groups is 1. The third-order valence-electron chi connectivity index (χ3n) is 6.71. The van der Waals surface area contributed by atoms with Crippen LogP contribution < -0.4 is 15.8 Å². The number of oxime groups is 1. The van der Waals surface area contributed by atoms with Gasteiger partial charge in [-0.05, 0) is 38.0 Å². The van der Waals surface area contributed by atoms with Crippen molar-refractivity contribution >= 4 is 33.6 Å². The van der Waals surface area contributed by atoms with Crippen molar-refractivity contribution in [1.29, 1.82) is 0 Å². The van der Waals surface area contributed by atoms with Crippen LogP contribution in [0.15, 0.2) is 64.6 Å². The topological polar surface area (TPSA) is 198 Å². The molecule has 1 aliphatic heterocycles. The molecule has 228 valence electrons. The van der Waals surface area contributed by atoms with Crippen LogP contribution in [0.4, 0.5) is 0 Å². The van der Waals surface area contributed by atoms with Crippen LogP contribution in [0, 0.1) is 6.92 Å². The number of carbonyl (C=O) groups excluding carboxylic acids is 3. The molecule has 0 saturated heterocycles. The lowest BCUT2D eigenvalue weighted by Crippen LogP contribution is -2.49. The zero-order valence-corrected chi connectivity index (χ0v) is 24.5. The van der Waals surface area contributed by atoms with Gasteiger partial charge < -0.3 is 25.9 Å². The van der Waals surface area contributed by atoms with E-state index in [0.29, 0.717) is 31.6 Å². The summed E-state index contributed by atoms with van der Waals surface area (Å²) in [4.78, 5) is 40.5. The third kappa shape index (κ3) is 7.55. The first kappa shape index (κ1) is 31.2. The van der Waals surface area contributed by atoms with Gasteiger partial charge in [-0.2, -0.15) is 9.82 Å². The first-order valence-electron chi connectivity index (χ1n) is 13.5. The van der Waals surface area contributed by atoms with Crippen molar-refractivity contribution in [3.63, 3.8) is 0 Å². The van der Waals surface area contributed by atoms with E-state index in [0.717, 1.165) is 11.1 Å². The van der Waals surface area contributed by atoms with Crippen molar-refractivity contribution in [2.24, 2.45) is 10.9 Å². The minimum Gasteiger partial charge on any atom is -0.465 e. The highest BCUT2D eigenvalue weighted by atomic mass is 32.2. The lowest BCUT2D eigenvalue weighted by molar-refractivity contribution is -0.144. The molecular formula is C28H33N7O7S. The number of hydrogen-bond donors (Lipinski definition) is 4. The standard InChI is InChI=1S/C28H33N7O7S/c1-3-42-28(38)23(33-43(40,41)21-11-5-18(2)6-12-21)16-30-26(36)22-15-24-27(37)34(13-4-14-35(24)31-22)17-19-7-9-20(10-8-19)25(29)32-39/h5-12,15,23,33,39H,3-4,13-14,16-17H2,1-2H3,(H2,29,32)(H,30,36)/t23-/m1/s1. The molecule has 5 N–H and O–H groups in total. The number of nitrogens with two attached hydrogens (primary N) is 1. The molecule has 0 unspecified atom stereocenters. The summed E-state index contributed by atoms with van der Waals surface area (Å²) in [5, 5.41) is 18.6. The van der Waals surface area contributed by atoms with Crippen LogP contribution in [0.2, 0.25) is 0 Å². The average Bonchev–Trinajstić information content (AvgIpc) is 3.37. The van der Waals surface area contributed by atoms with E-state index in [1.165, 1.54) is 22.9 Å². The van der Waals surface area contributed by atoms with Crippen molar-refractivity contribution in [3.05, 3.63) is 82.7 Å². The van der Waals surface area contributed by atoms with Crippen molar-refractivity contribution in [2.75, 3.05) is 19.7 Å². The van der Waals surface area contributed by atoms with E-state index >= 15 is 0 Å². The molecule has 3 aromatic rings.